The second kappa shape index (κ2) is 5.81. The minimum atomic E-state index is -4.01. The van der Waals surface area contributed by atoms with Crippen LogP contribution in [0.3, 0.4) is 0 Å². The first-order valence-electron chi connectivity index (χ1n) is 5.45. The van der Waals surface area contributed by atoms with Gasteiger partial charge in [0, 0.05) is 0 Å². The van der Waals surface area contributed by atoms with Gasteiger partial charge >= 0.3 is 0 Å². The monoisotopic (exact) mass is 292 g/mol. The maximum absolute atomic E-state index is 11.9. The molecular weight excluding hydrogens is 276 g/mol. The zero-order chi connectivity index (χ0) is 13.8. The molecule has 1 rings (SSSR count). The van der Waals surface area contributed by atoms with Crippen molar-refractivity contribution >= 4 is 20.0 Å². The Morgan fingerprint density at radius 2 is 1.44 bits per heavy atom. The lowest BCUT2D eigenvalue weighted by Crippen LogP contribution is -2.10. The van der Waals surface area contributed by atoms with Crippen LogP contribution in [0.15, 0.2) is 29.2 Å². The van der Waals surface area contributed by atoms with Gasteiger partial charge in [0.25, 0.3) is 10.1 Å². The van der Waals surface area contributed by atoms with E-state index in [0.29, 0.717) is 0 Å². The number of unbranched alkanes of at least 4 members (excludes halogenated alkanes) is 1. The van der Waals surface area contributed by atoms with Crippen LogP contribution in [0, 0.1) is 6.92 Å². The summed E-state index contributed by atoms with van der Waals surface area (Å²) in [4.78, 5) is 0.236. The Balaban J connectivity index is 2.58. The summed E-state index contributed by atoms with van der Waals surface area (Å²) in [5, 5.41) is 0. The maximum atomic E-state index is 11.9. The van der Waals surface area contributed by atoms with Crippen molar-refractivity contribution in [3.8, 4) is 0 Å². The Morgan fingerprint density at radius 1 is 0.944 bits per heavy atom. The summed E-state index contributed by atoms with van der Waals surface area (Å²) < 4.78 is 53.2. The SMILES string of the molecule is Cc1ccc(S(=O)(=O)CCCCS(=O)(=O)O)cc1. The first-order valence-corrected chi connectivity index (χ1v) is 8.71. The van der Waals surface area contributed by atoms with Crippen LogP contribution >= 0.6 is 0 Å². The van der Waals surface area contributed by atoms with E-state index in [4.69, 9.17) is 4.55 Å². The van der Waals surface area contributed by atoms with Gasteiger partial charge in [-0.2, -0.15) is 8.42 Å². The lowest BCUT2D eigenvalue weighted by Gasteiger charge is -2.04. The topological polar surface area (TPSA) is 88.5 Å². The minimum Gasteiger partial charge on any atom is -0.286 e. The molecule has 18 heavy (non-hydrogen) atoms. The van der Waals surface area contributed by atoms with Crippen LogP contribution in [0.25, 0.3) is 0 Å². The Bertz CT molecular complexity index is 585. The van der Waals surface area contributed by atoms with Crippen LogP contribution < -0.4 is 0 Å². The van der Waals surface area contributed by atoms with E-state index in [2.05, 4.69) is 0 Å². The molecule has 0 spiro atoms. The highest BCUT2D eigenvalue weighted by molar-refractivity contribution is 7.91. The molecule has 102 valence electrons. The number of sulfone groups is 1. The van der Waals surface area contributed by atoms with E-state index in [1.54, 1.807) is 12.1 Å². The van der Waals surface area contributed by atoms with E-state index in [9.17, 15) is 16.8 Å². The molecule has 7 heteroatoms. The summed E-state index contributed by atoms with van der Waals surface area (Å²) in [6.45, 7) is 1.86. The summed E-state index contributed by atoms with van der Waals surface area (Å²) in [6.07, 6.45) is 0.333. The molecule has 5 nitrogen and oxygen atoms in total. The van der Waals surface area contributed by atoms with E-state index in [1.807, 2.05) is 6.92 Å². The Kier molecular flexibility index (Phi) is 4.89. The van der Waals surface area contributed by atoms with Gasteiger partial charge in [-0.1, -0.05) is 17.7 Å². The summed E-state index contributed by atoms with van der Waals surface area (Å²) in [6, 6.07) is 6.50. The average Bonchev–Trinajstić information content (AvgIpc) is 2.24. The van der Waals surface area contributed by atoms with Crippen molar-refractivity contribution < 1.29 is 21.4 Å². The molecule has 0 aromatic heterocycles. The predicted molar refractivity (Wildman–Crippen MR) is 68.9 cm³/mol. The summed E-state index contributed by atoms with van der Waals surface area (Å²) in [7, 11) is -7.38. The third-order valence-electron chi connectivity index (χ3n) is 2.45. The molecule has 0 fully saturated rings. The van der Waals surface area contributed by atoms with Gasteiger partial charge in [-0.3, -0.25) is 4.55 Å². The van der Waals surface area contributed by atoms with Crippen LogP contribution in [0.5, 0.6) is 0 Å². The van der Waals surface area contributed by atoms with Gasteiger partial charge in [0.1, 0.15) is 0 Å². The van der Waals surface area contributed by atoms with E-state index in [-0.39, 0.29) is 23.5 Å². The Hall–Kier alpha value is -0.920. The first-order chi connectivity index (χ1) is 8.21. The second-order valence-electron chi connectivity index (χ2n) is 4.13. The lowest BCUT2D eigenvalue weighted by atomic mass is 10.2. The smallest absolute Gasteiger partial charge is 0.264 e. The normalized spacial score (nSPS) is 12.6. The highest BCUT2D eigenvalue weighted by Crippen LogP contribution is 2.13. The summed E-state index contributed by atoms with van der Waals surface area (Å²) >= 11 is 0. The third kappa shape index (κ3) is 5.16. The van der Waals surface area contributed by atoms with E-state index in [0.717, 1.165) is 5.56 Å². The number of hydrogen-bond donors (Lipinski definition) is 1. The molecule has 1 aromatic carbocycles. The molecule has 0 radical (unpaired) electrons. The van der Waals surface area contributed by atoms with Crippen molar-refractivity contribution in [2.75, 3.05) is 11.5 Å². The fraction of sp³-hybridized carbons (Fsp3) is 0.455. The number of aryl methyl sites for hydroxylation is 1. The van der Waals surface area contributed by atoms with E-state index < -0.39 is 25.7 Å². The quantitative estimate of drug-likeness (QED) is 0.633. The Labute approximate surface area is 108 Å². The van der Waals surface area contributed by atoms with Crippen molar-refractivity contribution in [2.24, 2.45) is 0 Å². The molecule has 0 aliphatic carbocycles. The van der Waals surface area contributed by atoms with Crippen LogP contribution in [-0.4, -0.2) is 32.9 Å². The number of hydrogen-bond acceptors (Lipinski definition) is 4. The molecule has 1 aromatic rings. The van der Waals surface area contributed by atoms with Crippen molar-refractivity contribution in [1.82, 2.24) is 0 Å². The molecule has 0 saturated carbocycles. The number of benzene rings is 1. The van der Waals surface area contributed by atoms with E-state index >= 15 is 0 Å². The molecule has 0 amide bonds. The van der Waals surface area contributed by atoms with Crippen molar-refractivity contribution in [3.63, 3.8) is 0 Å². The van der Waals surface area contributed by atoms with Gasteiger partial charge in [-0.05, 0) is 31.9 Å². The van der Waals surface area contributed by atoms with Gasteiger partial charge in [0.15, 0.2) is 9.84 Å². The van der Waals surface area contributed by atoms with E-state index in [1.165, 1.54) is 12.1 Å². The molecule has 0 heterocycles. The molecule has 0 unspecified atom stereocenters. The van der Waals surface area contributed by atoms with Crippen molar-refractivity contribution in [1.29, 1.82) is 0 Å². The van der Waals surface area contributed by atoms with Crippen LogP contribution in [0.1, 0.15) is 18.4 Å². The summed E-state index contributed by atoms with van der Waals surface area (Å²) in [5.74, 6) is -0.526. The third-order valence-corrected chi connectivity index (χ3v) is 5.07. The van der Waals surface area contributed by atoms with Crippen molar-refractivity contribution in [3.05, 3.63) is 29.8 Å². The zero-order valence-corrected chi connectivity index (χ0v) is 11.7. The zero-order valence-electron chi connectivity index (χ0n) is 10.0. The molecule has 0 aliphatic heterocycles. The van der Waals surface area contributed by atoms with Crippen LogP contribution in [0.2, 0.25) is 0 Å². The van der Waals surface area contributed by atoms with Gasteiger partial charge in [-0.15, -0.1) is 0 Å². The predicted octanol–water partition coefficient (Wildman–Crippen LogP) is 1.44. The fourth-order valence-corrected chi connectivity index (χ4v) is 3.38. The largest absolute Gasteiger partial charge is 0.286 e. The van der Waals surface area contributed by atoms with Gasteiger partial charge in [0.2, 0.25) is 0 Å². The molecule has 0 aliphatic rings. The maximum Gasteiger partial charge on any atom is 0.264 e. The van der Waals surface area contributed by atoms with Crippen LogP contribution in [0.4, 0.5) is 0 Å². The van der Waals surface area contributed by atoms with Crippen molar-refractivity contribution in [2.45, 2.75) is 24.7 Å². The minimum absolute atomic E-state index is 0.119. The summed E-state index contributed by atoms with van der Waals surface area (Å²) in [5.41, 5.74) is 0.973. The highest BCUT2D eigenvalue weighted by Gasteiger charge is 2.14. The molecule has 0 saturated heterocycles. The average molecular weight is 292 g/mol. The highest BCUT2D eigenvalue weighted by atomic mass is 32.2. The molecule has 0 bridgehead atoms. The lowest BCUT2D eigenvalue weighted by molar-refractivity contribution is 0.480. The van der Waals surface area contributed by atoms with Gasteiger partial charge in [-0.25, -0.2) is 8.42 Å². The molecule has 0 atom stereocenters. The Morgan fingerprint density at radius 3 is 1.94 bits per heavy atom. The first kappa shape index (κ1) is 15.1. The molecular formula is C11H16O5S2. The number of rotatable bonds is 6. The van der Waals surface area contributed by atoms with Gasteiger partial charge in [0.05, 0.1) is 16.4 Å². The molecule has 1 N–H and O–H groups in total. The van der Waals surface area contributed by atoms with Gasteiger partial charge < -0.3 is 0 Å². The second-order valence-corrected chi connectivity index (χ2v) is 7.81. The standard InChI is InChI=1S/C11H16O5S2/c1-10-4-6-11(7-5-10)17(12,13)8-2-3-9-18(14,15)16/h4-7H,2-3,8-9H2,1H3,(H,14,15,16). The van der Waals surface area contributed by atoms with Crippen LogP contribution in [-0.2, 0) is 20.0 Å². The fourth-order valence-electron chi connectivity index (χ4n) is 1.44.